The summed E-state index contributed by atoms with van der Waals surface area (Å²) in [6, 6.07) is -1.01. The molecule has 0 spiro atoms. The van der Waals surface area contributed by atoms with Crippen LogP contribution in [0.2, 0.25) is 0 Å². The second-order valence-corrected chi connectivity index (χ2v) is 10.5. The summed E-state index contributed by atoms with van der Waals surface area (Å²) in [5.41, 5.74) is 7.04. The van der Waals surface area contributed by atoms with E-state index in [4.69, 9.17) is 15.2 Å². The normalized spacial score (nSPS) is 14.5. The van der Waals surface area contributed by atoms with Gasteiger partial charge >= 0.3 is 17.8 Å². The molecule has 12 heteroatoms. The Hall–Kier alpha value is -2.86. The van der Waals surface area contributed by atoms with E-state index in [2.05, 4.69) is 5.43 Å². The van der Waals surface area contributed by atoms with Gasteiger partial charge in [-0.2, -0.15) is 0 Å². The van der Waals surface area contributed by atoms with Crippen LogP contribution in [0.15, 0.2) is 9.59 Å². The summed E-state index contributed by atoms with van der Waals surface area (Å²) in [5, 5.41) is 1.36. The second kappa shape index (κ2) is 10.2. The number of rotatable bonds is 6. The zero-order chi connectivity index (χ0) is 25.2. The Bertz CT molecular complexity index is 1190. The third-order valence-electron chi connectivity index (χ3n) is 5.74. The van der Waals surface area contributed by atoms with Gasteiger partial charge in [0.25, 0.3) is 5.56 Å². The molecule has 1 aliphatic carbocycles. The zero-order valence-electron chi connectivity index (χ0n) is 20.3. The molecule has 1 saturated carbocycles. The predicted octanol–water partition coefficient (Wildman–Crippen LogP) is 2.62. The number of thiophene rings is 1. The number of primary amides is 1. The van der Waals surface area contributed by atoms with Crippen molar-refractivity contribution in [1.29, 1.82) is 0 Å². The first-order valence-corrected chi connectivity index (χ1v) is 12.1. The highest BCUT2D eigenvalue weighted by Crippen LogP contribution is 2.31. The monoisotopic (exact) mass is 495 g/mol. The molecule has 3 rings (SSSR count). The molecular weight excluding hydrogens is 462 g/mol. The smallest absolute Gasteiger partial charge is 0.426 e. The first-order valence-electron chi connectivity index (χ1n) is 11.3. The van der Waals surface area contributed by atoms with Crippen molar-refractivity contribution in [2.24, 2.45) is 5.73 Å². The molecular formula is C22H33N5O6S. The highest BCUT2D eigenvalue weighted by molar-refractivity contribution is 7.18. The van der Waals surface area contributed by atoms with Crippen molar-refractivity contribution in [2.75, 3.05) is 13.7 Å². The lowest BCUT2D eigenvalue weighted by molar-refractivity contribution is 0.0376. The SMILES string of the molecule is COCCn1c(=O)n(C2CCCC2)c(=O)c2c(C)c(CN(NC(=O)OC(C)(C)C)C(N)=O)sc21. The lowest BCUT2D eigenvalue weighted by Crippen LogP contribution is -2.49. The van der Waals surface area contributed by atoms with Crippen LogP contribution in [0.25, 0.3) is 10.2 Å². The minimum Gasteiger partial charge on any atom is -0.443 e. The number of hydrogen-bond acceptors (Lipinski definition) is 7. The van der Waals surface area contributed by atoms with Gasteiger partial charge in [-0.15, -0.1) is 11.3 Å². The van der Waals surface area contributed by atoms with E-state index in [-0.39, 0.29) is 30.4 Å². The number of hydrazine groups is 1. The summed E-state index contributed by atoms with van der Waals surface area (Å²) in [6.07, 6.45) is 2.70. The van der Waals surface area contributed by atoms with E-state index in [1.54, 1.807) is 39.4 Å². The Morgan fingerprint density at radius 1 is 1.24 bits per heavy atom. The van der Waals surface area contributed by atoms with E-state index in [1.807, 2.05) is 0 Å². The molecule has 3 N–H and O–H groups in total. The Morgan fingerprint density at radius 2 is 1.88 bits per heavy atom. The van der Waals surface area contributed by atoms with Crippen molar-refractivity contribution in [3.8, 4) is 0 Å². The number of aromatic nitrogens is 2. The average molecular weight is 496 g/mol. The number of hydrogen-bond donors (Lipinski definition) is 2. The van der Waals surface area contributed by atoms with E-state index < -0.39 is 17.7 Å². The van der Waals surface area contributed by atoms with Crippen molar-refractivity contribution in [2.45, 2.75) is 78.1 Å². The maximum absolute atomic E-state index is 13.5. The molecule has 0 radical (unpaired) electrons. The molecule has 1 fully saturated rings. The Balaban J connectivity index is 2.07. The van der Waals surface area contributed by atoms with Crippen LogP contribution in [0.1, 0.15) is 62.9 Å². The number of urea groups is 1. The Labute approximate surface area is 201 Å². The highest BCUT2D eigenvalue weighted by atomic mass is 32.1. The molecule has 34 heavy (non-hydrogen) atoms. The summed E-state index contributed by atoms with van der Waals surface area (Å²) in [6.45, 7) is 7.38. The number of carbonyl (C=O) groups is 2. The number of aryl methyl sites for hydroxylation is 1. The first kappa shape index (κ1) is 25.8. The van der Waals surface area contributed by atoms with Crippen LogP contribution >= 0.6 is 11.3 Å². The lowest BCUT2D eigenvalue weighted by Gasteiger charge is -2.24. The summed E-state index contributed by atoms with van der Waals surface area (Å²) < 4.78 is 13.3. The topological polar surface area (TPSA) is 138 Å². The Morgan fingerprint density at radius 3 is 2.44 bits per heavy atom. The number of ether oxygens (including phenoxy) is 2. The van der Waals surface area contributed by atoms with Gasteiger partial charge in [0.1, 0.15) is 10.4 Å². The molecule has 0 bridgehead atoms. The van der Waals surface area contributed by atoms with Gasteiger partial charge in [0.2, 0.25) is 0 Å². The number of methoxy groups -OCH3 is 1. The van der Waals surface area contributed by atoms with Crippen LogP contribution in [-0.4, -0.2) is 45.6 Å². The Kier molecular flexibility index (Phi) is 7.71. The van der Waals surface area contributed by atoms with Gasteiger partial charge in [0.05, 0.1) is 25.1 Å². The number of nitrogens with one attached hydrogen (secondary N) is 1. The highest BCUT2D eigenvalue weighted by Gasteiger charge is 2.27. The van der Waals surface area contributed by atoms with Gasteiger partial charge in [-0.3, -0.25) is 13.9 Å². The van der Waals surface area contributed by atoms with Gasteiger partial charge < -0.3 is 15.2 Å². The molecule has 2 aromatic heterocycles. The fourth-order valence-corrected chi connectivity index (χ4v) is 5.46. The van der Waals surface area contributed by atoms with E-state index in [0.29, 0.717) is 27.3 Å². The minimum atomic E-state index is -0.886. The molecule has 0 aliphatic heterocycles. The molecule has 2 heterocycles. The van der Waals surface area contributed by atoms with Crippen molar-refractivity contribution < 1.29 is 19.1 Å². The van der Waals surface area contributed by atoms with Crippen molar-refractivity contribution in [3.05, 3.63) is 31.3 Å². The van der Waals surface area contributed by atoms with Crippen LogP contribution in [-0.2, 0) is 22.6 Å². The number of nitrogens with two attached hydrogens (primary N) is 1. The molecule has 3 amide bonds. The summed E-state index contributed by atoms with van der Waals surface area (Å²) >= 11 is 1.22. The van der Waals surface area contributed by atoms with E-state index in [9.17, 15) is 19.2 Å². The van der Waals surface area contributed by atoms with Gasteiger partial charge in [-0.1, -0.05) is 12.8 Å². The largest absolute Gasteiger partial charge is 0.443 e. The van der Waals surface area contributed by atoms with E-state index in [1.165, 1.54) is 15.9 Å². The van der Waals surface area contributed by atoms with Crippen LogP contribution in [0.3, 0.4) is 0 Å². The van der Waals surface area contributed by atoms with Crippen LogP contribution in [0.4, 0.5) is 9.59 Å². The predicted molar refractivity (Wildman–Crippen MR) is 129 cm³/mol. The number of carbonyl (C=O) groups excluding carboxylic acids is 2. The average Bonchev–Trinajstić information content (AvgIpc) is 3.35. The number of amides is 3. The van der Waals surface area contributed by atoms with Crippen LogP contribution in [0.5, 0.6) is 0 Å². The summed E-state index contributed by atoms with van der Waals surface area (Å²) in [4.78, 5) is 52.2. The molecule has 0 saturated heterocycles. The third kappa shape index (κ3) is 5.44. The quantitative estimate of drug-likeness (QED) is 0.591. The standard InChI is InChI=1S/C22H33N5O6S/c1-13-15(12-26(19(23)29)24-20(30)33-22(2,3)4)34-18-16(13)17(28)27(14-8-6-7-9-14)21(31)25(18)10-11-32-5/h14H,6-12H2,1-5H3,(H2,23,29)(H,24,30). The lowest BCUT2D eigenvalue weighted by atomic mass is 10.2. The maximum atomic E-state index is 13.5. The van der Waals surface area contributed by atoms with Crippen molar-refractivity contribution in [1.82, 2.24) is 19.6 Å². The van der Waals surface area contributed by atoms with Crippen molar-refractivity contribution in [3.63, 3.8) is 0 Å². The molecule has 1 aliphatic rings. The molecule has 0 unspecified atom stereocenters. The first-order chi connectivity index (χ1) is 15.9. The fraction of sp³-hybridized carbons (Fsp3) is 0.636. The number of fused-ring (bicyclic) bond motifs is 1. The molecule has 0 atom stereocenters. The third-order valence-corrected chi connectivity index (χ3v) is 7.04. The van der Waals surface area contributed by atoms with Gasteiger partial charge in [0, 0.05) is 18.0 Å². The van der Waals surface area contributed by atoms with Gasteiger partial charge in [-0.25, -0.2) is 24.8 Å². The molecule has 0 aromatic carbocycles. The molecule has 11 nitrogen and oxygen atoms in total. The molecule has 188 valence electrons. The maximum Gasteiger partial charge on any atom is 0.426 e. The zero-order valence-corrected chi connectivity index (χ0v) is 21.1. The van der Waals surface area contributed by atoms with E-state index in [0.717, 1.165) is 30.7 Å². The molecule has 2 aromatic rings. The van der Waals surface area contributed by atoms with Crippen molar-refractivity contribution >= 4 is 33.7 Å². The van der Waals surface area contributed by atoms with Crippen LogP contribution in [0, 0.1) is 6.92 Å². The van der Waals surface area contributed by atoms with E-state index >= 15 is 0 Å². The summed E-state index contributed by atoms with van der Waals surface area (Å²) in [7, 11) is 1.55. The number of nitrogens with zero attached hydrogens (tertiary/aromatic N) is 3. The second-order valence-electron chi connectivity index (χ2n) is 9.41. The fourth-order valence-electron chi connectivity index (χ4n) is 4.15. The minimum absolute atomic E-state index is 0.0822. The summed E-state index contributed by atoms with van der Waals surface area (Å²) in [5.74, 6) is 0. The van der Waals surface area contributed by atoms with Gasteiger partial charge in [0.15, 0.2) is 0 Å². The van der Waals surface area contributed by atoms with Crippen LogP contribution < -0.4 is 22.4 Å². The van der Waals surface area contributed by atoms with Gasteiger partial charge in [-0.05, 0) is 46.1 Å².